The molecule has 0 bridgehead atoms. The maximum absolute atomic E-state index is 13.1. The van der Waals surface area contributed by atoms with Crippen molar-refractivity contribution in [2.75, 3.05) is 19.8 Å². The number of aliphatic hydroxyl groups excluding tert-OH is 1. The van der Waals surface area contributed by atoms with E-state index in [1.54, 1.807) is 12.1 Å². The molecule has 2 aromatic rings. The monoisotopic (exact) mass is 421 g/mol. The Morgan fingerprint density at radius 2 is 1.97 bits per heavy atom. The van der Waals surface area contributed by atoms with Crippen LogP contribution in [0.2, 0.25) is 0 Å². The minimum atomic E-state index is -0.703. The normalized spacial score (nSPS) is 22.8. The van der Waals surface area contributed by atoms with Crippen LogP contribution in [0.15, 0.2) is 54.1 Å². The molecule has 2 heterocycles. The standard InChI is InChI=1S/C25H27NO5/c1-3-30-19-7-4-6-18(14-19)22-21(23(27)17-11-9-16(2)10-12-17)24(28)25(29)26(22)15-20-8-5-13-31-20/h4,6-7,9-12,14,20,22,27H,3,5,8,13,15H2,1-2H3/b23-21-. The Balaban J connectivity index is 1.82. The molecule has 4 rings (SSSR count). The van der Waals surface area contributed by atoms with E-state index in [9.17, 15) is 14.7 Å². The molecule has 2 saturated heterocycles. The number of aryl methyl sites for hydroxylation is 1. The van der Waals surface area contributed by atoms with Crippen molar-refractivity contribution >= 4 is 17.4 Å². The molecular weight excluding hydrogens is 394 g/mol. The molecular formula is C25H27NO5. The molecule has 2 aliphatic rings. The van der Waals surface area contributed by atoms with Crippen molar-refractivity contribution in [3.63, 3.8) is 0 Å². The first-order chi connectivity index (χ1) is 15.0. The smallest absolute Gasteiger partial charge is 0.295 e. The number of amides is 1. The topological polar surface area (TPSA) is 76.1 Å². The average Bonchev–Trinajstić information content (AvgIpc) is 3.37. The molecule has 1 amide bonds. The third kappa shape index (κ3) is 4.21. The summed E-state index contributed by atoms with van der Waals surface area (Å²) < 4.78 is 11.4. The molecule has 6 nitrogen and oxygen atoms in total. The minimum absolute atomic E-state index is 0.0977. The number of ether oxygens (including phenoxy) is 2. The van der Waals surface area contributed by atoms with Crippen molar-refractivity contribution in [2.45, 2.75) is 38.8 Å². The molecule has 2 fully saturated rings. The van der Waals surface area contributed by atoms with Crippen molar-refractivity contribution in [3.05, 3.63) is 70.8 Å². The quantitative estimate of drug-likeness (QED) is 0.434. The van der Waals surface area contributed by atoms with Crippen LogP contribution in [-0.4, -0.2) is 47.6 Å². The lowest BCUT2D eigenvalue weighted by atomic mass is 9.94. The number of carbonyl (C=O) groups is 2. The number of nitrogens with zero attached hydrogens (tertiary/aromatic N) is 1. The predicted octanol–water partition coefficient (Wildman–Crippen LogP) is 3.99. The fraction of sp³-hybridized carbons (Fsp3) is 0.360. The van der Waals surface area contributed by atoms with Crippen molar-refractivity contribution in [1.29, 1.82) is 0 Å². The van der Waals surface area contributed by atoms with Gasteiger partial charge in [-0.1, -0.05) is 42.0 Å². The summed E-state index contributed by atoms with van der Waals surface area (Å²) in [6.45, 7) is 5.31. The zero-order chi connectivity index (χ0) is 22.0. The highest BCUT2D eigenvalue weighted by Gasteiger charge is 2.47. The van der Waals surface area contributed by atoms with Crippen LogP contribution in [0.25, 0.3) is 5.76 Å². The summed E-state index contributed by atoms with van der Waals surface area (Å²) >= 11 is 0. The lowest BCUT2D eigenvalue weighted by Gasteiger charge is -2.27. The number of benzene rings is 2. The first-order valence-electron chi connectivity index (χ1n) is 10.7. The Morgan fingerprint density at radius 1 is 1.19 bits per heavy atom. The van der Waals surface area contributed by atoms with Gasteiger partial charge in [0, 0.05) is 18.7 Å². The maximum atomic E-state index is 13.1. The van der Waals surface area contributed by atoms with Crippen LogP contribution in [0.3, 0.4) is 0 Å². The largest absolute Gasteiger partial charge is 0.507 e. The maximum Gasteiger partial charge on any atom is 0.295 e. The van der Waals surface area contributed by atoms with Crippen LogP contribution >= 0.6 is 0 Å². The molecule has 2 atom stereocenters. The molecule has 2 aromatic carbocycles. The molecule has 2 aliphatic heterocycles. The van der Waals surface area contributed by atoms with E-state index in [4.69, 9.17) is 9.47 Å². The van der Waals surface area contributed by atoms with Gasteiger partial charge in [-0.2, -0.15) is 0 Å². The van der Waals surface area contributed by atoms with Crippen LogP contribution in [0.4, 0.5) is 0 Å². The number of aliphatic hydroxyl groups is 1. The van der Waals surface area contributed by atoms with E-state index in [2.05, 4.69) is 0 Å². The number of carbonyl (C=O) groups excluding carboxylic acids is 2. The molecule has 0 saturated carbocycles. The van der Waals surface area contributed by atoms with Crippen molar-refractivity contribution in [2.24, 2.45) is 0 Å². The number of Topliss-reactive ketones (excluding diaryl/α,β-unsaturated/α-hetero) is 1. The van der Waals surface area contributed by atoms with Gasteiger partial charge in [0.05, 0.1) is 24.3 Å². The van der Waals surface area contributed by atoms with Crippen molar-refractivity contribution in [3.8, 4) is 5.75 Å². The van der Waals surface area contributed by atoms with Gasteiger partial charge in [-0.05, 0) is 44.4 Å². The summed E-state index contributed by atoms with van der Waals surface area (Å²) in [7, 11) is 0. The van der Waals surface area contributed by atoms with Gasteiger partial charge in [0.2, 0.25) is 0 Å². The summed E-state index contributed by atoms with van der Waals surface area (Å²) in [4.78, 5) is 27.6. The summed E-state index contributed by atoms with van der Waals surface area (Å²) in [5, 5.41) is 11.1. The van der Waals surface area contributed by atoms with E-state index in [0.717, 1.165) is 24.0 Å². The third-order valence-electron chi connectivity index (χ3n) is 5.77. The van der Waals surface area contributed by atoms with Gasteiger partial charge < -0.3 is 19.5 Å². The number of ketones is 1. The fourth-order valence-corrected chi connectivity index (χ4v) is 4.23. The second-order valence-electron chi connectivity index (χ2n) is 7.96. The Labute approximate surface area is 182 Å². The predicted molar refractivity (Wildman–Crippen MR) is 117 cm³/mol. The minimum Gasteiger partial charge on any atom is -0.507 e. The average molecular weight is 421 g/mol. The zero-order valence-electron chi connectivity index (χ0n) is 17.8. The summed E-state index contributed by atoms with van der Waals surface area (Å²) in [5.41, 5.74) is 2.36. The van der Waals surface area contributed by atoms with Crippen LogP contribution in [0, 0.1) is 6.92 Å². The van der Waals surface area contributed by atoms with Crippen LogP contribution in [-0.2, 0) is 14.3 Å². The van der Waals surface area contributed by atoms with E-state index >= 15 is 0 Å². The second kappa shape index (κ2) is 8.94. The SMILES string of the molecule is CCOc1cccc(C2/C(=C(/O)c3ccc(C)cc3)C(=O)C(=O)N2CC2CCCO2)c1. The molecule has 1 N–H and O–H groups in total. The highest BCUT2D eigenvalue weighted by Crippen LogP contribution is 2.40. The van der Waals surface area contributed by atoms with Crippen LogP contribution < -0.4 is 4.74 Å². The van der Waals surface area contributed by atoms with E-state index in [1.807, 2.05) is 50.2 Å². The van der Waals surface area contributed by atoms with Gasteiger partial charge in [-0.3, -0.25) is 9.59 Å². The molecule has 0 aliphatic carbocycles. The zero-order valence-corrected chi connectivity index (χ0v) is 17.8. The number of hydrogen-bond acceptors (Lipinski definition) is 5. The van der Waals surface area contributed by atoms with E-state index in [1.165, 1.54) is 4.90 Å². The molecule has 0 radical (unpaired) electrons. The Bertz CT molecular complexity index is 1000. The lowest BCUT2D eigenvalue weighted by molar-refractivity contribution is -0.140. The van der Waals surface area contributed by atoms with E-state index < -0.39 is 17.7 Å². The van der Waals surface area contributed by atoms with Crippen LogP contribution in [0.1, 0.15) is 42.5 Å². The molecule has 0 spiro atoms. The highest BCUT2D eigenvalue weighted by molar-refractivity contribution is 6.46. The molecule has 31 heavy (non-hydrogen) atoms. The Kier molecular flexibility index (Phi) is 6.09. The van der Waals surface area contributed by atoms with Gasteiger partial charge in [0.15, 0.2) is 0 Å². The molecule has 162 valence electrons. The molecule has 6 heteroatoms. The van der Waals surface area contributed by atoms with Gasteiger partial charge >= 0.3 is 0 Å². The third-order valence-corrected chi connectivity index (χ3v) is 5.77. The van der Waals surface area contributed by atoms with Gasteiger partial charge in [0.1, 0.15) is 11.5 Å². The Morgan fingerprint density at radius 3 is 2.65 bits per heavy atom. The summed E-state index contributed by atoms with van der Waals surface area (Å²) in [5.74, 6) is -0.808. The highest BCUT2D eigenvalue weighted by atomic mass is 16.5. The lowest BCUT2D eigenvalue weighted by Crippen LogP contribution is -2.36. The summed E-state index contributed by atoms with van der Waals surface area (Å²) in [6, 6.07) is 13.9. The first-order valence-corrected chi connectivity index (χ1v) is 10.7. The number of rotatable bonds is 6. The molecule has 2 unspecified atom stereocenters. The number of hydrogen-bond donors (Lipinski definition) is 1. The van der Waals surface area contributed by atoms with Gasteiger partial charge in [0.25, 0.3) is 11.7 Å². The van der Waals surface area contributed by atoms with Gasteiger partial charge in [-0.15, -0.1) is 0 Å². The summed E-state index contributed by atoms with van der Waals surface area (Å²) in [6.07, 6.45) is 1.66. The van der Waals surface area contributed by atoms with Crippen molar-refractivity contribution < 1.29 is 24.2 Å². The Hall–Kier alpha value is -3.12. The second-order valence-corrected chi connectivity index (χ2v) is 7.96. The van der Waals surface area contributed by atoms with Crippen LogP contribution in [0.5, 0.6) is 5.75 Å². The van der Waals surface area contributed by atoms with E-state index in [-0.39, 0.29) is 17.4 Å². The van der Waals surface area contributed by atoms with Gasteiger partial charge in [-0.25, -0.2) is 0 Å². The van der Waals surface area contributed by atoms with E-state index in [0.29, 0.717) is 31.1 Å². The first kappa shape index (κ1) is 21.1. The fourth-order valence-electron chi connectivity index (χ4n) is 4.23. The number of likely N-dealkylation sites (tertiary alicyclic amines) is 1. The van der Waals surface area contributed by atoms with Crippen molar-refractivity contribution in [1.82, 2.24) is 4.90 Å². The molecule has 0 aromatic heterocycles.